The van der Waals surface area contributed by atoms with Crippen molar-refractivity contribution in [2.75, 3.05) is 25.4 Å². The molecule has 4 rings (SSSR count). The summed E-state index contributed by atoms with van der Waals surface area (Å²) in [6.45, 7) is 6.29. The predicted molar refractivity (Wildman–Crippen MR) is 120 cm³/mol. The van der Waals surface area contributed by atoms with Crippen LogP contribution in [0.4, 0.5) is 0 Å². The van der Waals surface area contributed by atoms with Crippen LogP contribution in [0.25, 0.3) is 11.4 Å². The largest absolute Gasteiger partial charge is 0.486 e. The van der Waals surface area contributed by atoms with Gasteiger partial charge in [-0.2, -0.15) is 0 Å². The number of aromatic nitrogens is 3. The number of hydrogen-bond acceptors (Lipinski definition) is 6. The third-order valence-corrected chi connectivity index (χ3v) is 6.07. The van der Waals surface area contributed by atoms with Crippen molar-refractivity contribution in [3.63, 3.8) is 0 Å². The first-order chi connectivity index (χ1) is 15.2. The van der Waals surface area contributed by atoms with Crippen LogP contribution < -0.4 is 9.47 Å². The second kappa shape index (κ2) is 9.87. The summed E-state index contributed by atoms with van der Waals surface area (Å²) in [5, 5.41) is 9.41. The minimum Gasteiger partial charge on any atom is -0.486 e. The monoisotopic (exact) mass is 438 g/mol. The molecule has 1 amide bonds. The molecule has 0 aliphatic carbocycles. The molecule has 1 aromatic heterocycles. The standard InChI is InChI=1S/C23H26N4O3S/c1-3-26(14-18-15-29-19-12-8-9-13-20(19)30-18)21(28)16-31-23-25-24-22(27(23)4-2)17-10-6-5-7-11-17/h5-13,18H,3-4,14-16H2,1-2H3. The summed E-state index contributed by atoms with van der Waals surface area (Å²) in [7, 11) is 0. The maximum atomic E-state index is 12.9. The summed E-state index contributed by atoms with van der Waals surface area (Å²) in [6.07, 6.45) is -0.187. The SMILES string of the molecule is CCN(CC1COc2ccccc2O1)C(=O)CSc1nnc(-c2ccccc2)n1CC. The van der Waals surface area contributed by atoms with Gasteiger partial charge in [-0.25, -0.2) is 0 Å². The Morgan fingerprint density at radius 1 is 1.10 bits per heavy atom. The smallest absolute Gasteiger partial charge is 0.233 e. The summed E-state index contributed by atoms with van der Waals surface area (Å²) < 4.78 is 13.8. The second-order valence-corrected chi connectivity index (χ2v) is 8.08. The molecule has 1 aliphatic rings. The summed E-state index contributed by atoms with van der Waals surface area (Å²) in [6, 6.07) is 17.6. The fourth-order valence-electron chi connectivity index (χ4n) is 3.51. The van der Waals surface area contributed by atoms with E-state index in [4.69, 9.17) is 9.47 Å². The van der Waals surface area contributed by atoms with E-state index in [0.717, 1.165) is 34.6 Å². The number of hydrogen-bond donors (Lipinski definition) is 0. The molecule has 1 atom stereocenters. The molecule has 3 aromatic rings. The summed E-state index contributed by atoms with van der Waals surface area (Å²) >= 11 is 1.42. The molecule has 0 saturated carbocycles. The van der Waals surface area contributed by atoms with Crippen molar-refractivity contribution in [3.8, 4) is 22.9 Å². The van der Waals surface area contributed by atoms with Crippen molar-refractivity contribution in [1.82, 2.24) is 19.7 Å². The number of likely N-dealkylation sites (N-methyl/N-ethyl adjacent to an activating group) is 1. The number of fused-ring (bicyclic) bond motifs is 1. The molecule has 0 saturated heterocycles. The predicted octanol–water partition coefficient (Wildman–Crippen LogP) is 3.75. The van der Waals surface area contributed by atoms with Gasteiger partial charge in [0.2, 0.25) is 5.91 Å². The van der Waals surface area contributed by atoms with E-state index in [2.05, 4.69) is 17.1 Å². The summed E-state index contributed by atoms with van der Waals surface area (Å²) in [5.74, 6) is 2.63. The molecule has 8 heteroatoms. The van der Waals surface area contributed by atoms with E-state index < -0.39 is 0 Å². The van der Waals surface area contributed by atoms with Crippen LogP contribution in [0.3, 0.4) is 0 Å². The fourth-order valence-corrected chi connectivity index (χ4v) is 4.41. The van der Waals surface area contributed by atoms with Crippen LogP contribution in [0.2, 0.25) is 0 Å². The number of carbonyl (C=O) groups is 1. The molecule has 1 unspecified atom stereocenters. The van der Waals surface area contributed by atoms with Crippen LogP contribution in [0.5, 0.6) is 11.5 Å². The lowest BCUT2D eigenvalue weighted by molar-refractivity contribution is -0.129. The molecular formula is C23H26N4O3S. The van der Waals surface area contributed by atoms with Crippen molar-refractivity contribution < 1.29 is 14.3 Å². The lowest BCUT2D eigenvalue weighted by Crippen LogP contribution is -2.44. The topological polar surface area (TPSA) is 69.5 Å². The fraction of sp³-hybridized carbons (Fsp3) is 0.348. The van der Waals surface area contributed by atoms with Gasteiger partial charge in [-0.05, 0) is 26.0 Å². The Labute approximate surface area is 186 Å². The van der Waals surface area contributed by atoms with Gasteiger partial charge in [-0.15, -0.1) is 10.2 Å². The van der Waals surface area contributed by atoms with E-state index in [1.807, 2.05) is 66.1 Å². The van der Waals surface area contributed by atoms with Gasteiger partial charge in [0.1, 0.15) is 6.61 Å². The molecule has 0 fully saturated rings. The average molecular weight is 439 g/mol. The highest BCUT2D eigenvalue weighted by atomic mass is 32.2. The molecule has 0 bridgehead atoms. The number of carbonyl (C=O) groups excluding carboxylic acids is 1. The van der Waals surface area contributed by atoms with Crippen molar-refractivity contribution in [2.45, 2.75) is 31.7 Å². The number of thioether (sulfide) groups is 1. The molecule has 0 spiro atoms. The highest BCUT2D eigenvalue weighted by Crippen LogP contribution is 2.31. The normalized spacial score (nSPS) is 15.0. The van der Waals surface area contributed by atoms with Gasteiger partial charge >= 0.3 is 0 Å². The van der Waals surface area contributed by atoms with E-state index in [1.54, 1.807) is 4.90 Å². The van der Waals surface area contributed by atoms with E-state index >= 15 is 0 Å². The van der Waals surface area contributed by atoms with Gasteiger partial charge in [0, 0.05) is 18.7 Å². The Bertz CT molecular complexity index is 1020. The van der Waals surface area contributed by atoms with Gasteiger partial charge < -0.3 is 18.9 Å². The van der Waals surface area contributed by atoms with Crippen molar-refractivity contribution in [2.24, 2.45) is 0 Å². The number of nitrogens with zero attached hydrogens (tertiary/aromatic N) is 4. The van der Waals surface area contributed by atoms with Gasteiger partial charge in [-0.3, -0.25) is 4.79 Å². The van der Waals surface area contributed by atoms with E-state index in [9.17, 15) is 4.79 Å². The van der Waals surface area contributed by atoms with Gasteiger partial charge in [0.25, 0.3) is 0 Å². The van der Waals surface area contributed by atoms with Crippen LogP contribution in [-0.4, -0.2) is 57.1 Å². The molecule has 1 aliphatic heterocycles. The Balaban J connectivity index is 1.37. The average Bonchev–Trinajstić information content (AvgIpc) is 3.24. The summed E-state index contributed by atoms with van der Waals surface area (Å²) in [5.41, 5.74) is 1.01. The van der Waals surface area contributed by atoms with Gasteiger partial charge in [0.15, 0.2) is 28.6 Å². The van der Waals surface area contributed by atoms with Crippen molar-refractivity contribution in [3.05, 3.63) is 54.6 Å². The quantitative estimate of drug-likeness (QED) is 0.499. The van der Waals surface area contributed by atoms with E-state index in [0.29, 0.717) is 25.4 Å². The molecule has 2 aromatic carbocycles. The number of benzene rings is 2. The zero-order chi connectivity index (χ0) is 21.6. The Hall–Kier alpha value is -3.00. The van der Waals surface area contributed by atoms with Crippen LogP contribution in [-0.2, 0) is 11.3 Å². The molecule has 162 valence electrons. The zero-order valence-corrected chi connectivity index (χ0v) is 18.5. The van der Waals surface area contributed by atoms with Crippen LogP contribution in [0, 0.1) is 0 Å². The molecule has 2 heterocycles. The van der Waals surface area contributed by atoms with Gasteiger partial charge in [0.05, 0.1) is 12.3 Å². The first kappa shape index (κ1) is 21.2. The molecular weight excluding hydrogens is 412 g/mol. The van der Waals surface area contributed by atoms with Crippen LogP contribution in [0.1, 0.15) is 13.8 Å². The first-order valence-electron chi connectivity index (χ1n) is 10.5. The molecule has 0 N–H and O–H groups in total. The molecule has 7 nitrogen and oxygen atoms in total. The molecule has 31 heavy (non-hydrogen) atoms. The third-order valence-electron chi connectivity index (χ3n) is 5.12. The summed E-state index contributed by atoms with van der Waals surface area (Å²) in [4.78, 5) is 14.7. The minimum absolute atomic E-state index is 0.0434. The van der Waals surface area contributed by atoms with E-state index in [-0.39, 0.29) is 12.0 Å². The van der Waals surface area contributed by atoms with E-state index in [1.165, 1.54) is 11.8 Å². The number of para-hydroxylation sites is 2. The highest BCUT2D eigenvalue weighted by Gasteiger charge is 2.25. The van der Waals surface area contributed by atoms with Gasteiger partial charge in [-0.1, -0.05) is 54.2 Å². The second-order valence-electron chi connectivity index (χ2n) is 7.14. The Morgan fingerprint density at radius 3 is 2.58 bits per heavy atom. The number of rotatable bonds is 8. The maximum Gasteiger partial charge on any atom is 0.233 e. The number of ether oxygens (including phenoxy) is 2. The Kier molecular flexibility index (Phi) is 6.76. The first-order valence-corrected chi connectivity index (χ1v) is 11.5. The highest BCUT2D eigenvalue weighted by molar-refractivity contribution is 7.99. The minimum atomic E-state index is -0.187. The lowest BCUT2D eigenvalue weighted by Gasteiger charge is -2.30. The Morgan fingerprint density at radius 2 is 1.84 bits per heavy atom. The van der Waals surface area contributed by atoms with Crippen molar-refractivity contribution in [1.29, 1.82) is 0 Å². The van der Waals surface area contributed by atoms with Crippen LogP contribution >= 0.6 is 11.8 Å². The maximum absolute atomic E-state index is 12.9. The zero-order valence-electron chi connectivity index (χ0n) is 17.7. The third kappa shape index (κ3) is 4.85. The van der Waals surface area contributed by atoms with Crippen LogP contribution in [0.15, 0.2) is 59.8 Å². The number of amides is 1. The lowest BCUT2D eigenvalue weighted by atomic mass is 10.2. The van der Waals surface area contributed by atoms with Crippen molar-refractivity contribution >= 4 is 17.7 Å². The molecule has 0 radical (unpaired) electrons.